The van der Waals surface area contributed by atoms with Crippen LogP contribution in [0, 0.1) is 17.1 Å². The molecule has 0 spiro atoms. The van der Waals surface area contributed by atoms with Gasteiger partial charge in [0.05, 0.1) is 24.2 Å². The lowest BCUT2D eigenvalue weighted by Gasteiger charge is -2.39. The van der Waals surface area contributed by atoms with Gasteiger partial charge in [0.2, 0.25) is 0 Å². The molecule has 0 unspecified atom stereocenters. The zero-order valence-electron chi connectivity index (χ0n) is 16.7. The molecule has 1 heterocycles. The molecule has 1 aliphatic carbocycles. The summed E-state index contributed by atoms with van der Waals surface area (Å²) in [4.78, 5) is 14.8. The molecule has 0 radical (unpaired) electrons. The van der Waals surface area contributed by atoms with Gasteiger partial charge in [0.25, 0.3) is 0 Å². The molecule has 4 rings (SSSR count). The van der Waals surface area contributed by atoms with Crippen molar-refractivity contribution >= 4 is 11.5 Å². The fraction of sp³-hybridized carbons (Fsp3) is 0.250. The number of hydrogen-bond donors (Lipinski definition) is 1. The summed E-state index contributed by atoms with van der Waals surface area (Å²) >= 11 is 0. The summed E-state index contributed by atoms with van der Waals surface area (Å²) in [5.74, 6) is 0.133. The molecule has 0 saturated heterocycles. The Morgan fingerprint density at radius 3 is 2.50 bits per heavy atom. The van der Waals surface area contributed by atoms with Gasteiger partial charge < -0.3 is 10.5 Å². The molecular formula is C24H22FN3O2. The predicted octanol–water partition coefficient (Wildman–Crippen LogP) is 4.53. The van der Waals surface area contributed by atoms with Gasteiger partial charge in [0.1, 0.15) is 17.4 Å². The Balaban J connectivity index is 1.88. The highest BCUT2D eigenvalue weighted by Gasteiger charge is 2.40. The average molecular weight is 403 g/mol. The molecule has 1 aliphatic heterocycles. The van der Waals surface area contributed by atoms with Gasteiger partial charge in [-0.05, 0) is 61.7 Å². The zero-order valence-corrected chi connectivity index (χ0v) is 16.7. The van der Waals surface area contributed by atoms with E-state index in [2.05, 4.69) is 6.07 Å². The molecule has 2 aromatic rings. The van der Waals surface area contributed by atoms with Crippen LogP contribution in [0.2, 0.25) is 0 Å². The average Bonchev–Trinajstić information content (AvgIpc) is 2.75. The fourth-order valence-electron chi connectivity index (χ4n) is 4.23. The van der Waals surface area contributed by atoms with Gasteiger partial charge in [0, 0.05) is 23.4 Å². The first-order chi connectivity index (χ1) is 14.5. The van der Waals surface area contributed by atoms with Crippen molar-refractivity contribution in [3.63, 3.8) is 0 Å². The van der Waals surface area contributed by atoms with Crippen LogP contribution >= 0.6 is 0 Å². The third-order valence-electron chi connectivity index (χ3n) is 5.52. The van der Waals surface area contributed by atoms with Crippen LogP contribution in [0.4, 0.5) is 10.1 Å². The van der Waals surface area contributed by atoms with Crippen molar-refractivity contribution in [2.75, 3.05) is 11.5 Å². The van der Waals surface area contributed by atoms with Crippen LogP contribution in [-0.2, 0) is 4.79 Å². The van der Waals surface area contributed by atoms with Crippen LogP contribution in [0.15, 0.2) is 71.2 Å². The fourth-order valence-corrected chi connectivity index (χ4v) is 4.23. The maximum absolute atomic E-state index is 13.5. The van der Waals surface area contributed by atoms with E-state index in [9.17, 15) is 14.4 Å². The second-order valence-electron chi connectivity index (χ2n) is 7.29. The lowest BCUT2D eigenvalue weighted by atomic mass is 9.75. The van der Waals surface area contributed by atoms with Gasteiger partial charge in [-0.25, -0.2) is 4.39 Å². The summed E-state index contributed by atoms with van der Waals surface area (Å²) in [6.45, 7) is 2.47. The quantitative estimate of drug-likeness (QED) is 0.811. The minimum atomic E-state index is -0.523. The summed E-state index contributed by atoms with van der Waals surface area (Å²) < 4.78 is 19.0. The van der Waals surface area contributed by atoms with Crippen LogP contribution in [-0.4, -0.2) is 12.4 Å². The molecule has 2 N–H and O–H groups in total. The van der Waals surface area contributed by atoms with E-state index >= 15 is 0 Å². The minimum Gasteiger partial charge on any atom is -0.494 e. The van der Waals surface area contributed by atoms with Crippen LogP contribution in [0.5, 0.6) is 5.75 Å². The van der Waals surface area contributed by atoms with Gasteiger partial charge in [-0.2, -0.15) is 5.26 Å². The Labute approximate surface area is 174 Å². The number of ether oxygens (including phenoxy) is 1. The minimum absolute atomic E-state index is 0.0162. The van der Waals surface area contributed by atoms with E-state index in [1.165, 1.54) is 12.1 Å². The molecule has 0 amide bonds. The van der Waals surface area contributed by atoms with Crippen molar-refractivity contribution in [1.82, 2.24) is 0 Å². The molecule has 0 aromatic heterocycles. The van der Waals surface area contributed by atoms with Gasteiger partial charge in [-0.3, -0.25) is 9.69 Å². The van der Waals surface area contributed by atoms with Gasteiger partial charge in [-0.15, -0.1) is 0 Å². The summed E-state index contributed by atoms with van der Waals surface area (Å²) in [6.07, 6.45) is 1.80. The Bertz CT molecular complexity index is 1080. The molecule has 30 heavy (non-hydrogen) atoms. The van der Waals surface area contributed by atoms with E-state index in [0.717, 1.165) is 17.0 Å². The number of halogens is 1. The van der Waals surface area contributed by atoms with E-state index in [1.54, 1.807) is 17.0 Å². The Morgan fingerprint density at radius 2 is 1.87 bits per heavy atom. The van der Waals surface area contributed by atoms with Gasteiger partial charge >= 0.3 is 0 Å². The normalized spacial score (nSPS) is 18.9. The summed E-state index contributed by atoms with van der Waals surface area (Å²) in [5.41, 5.74) is 9.63. The SMILES string of the molecule is CCOc1ccc([C@@H]2C(C#N)=C(N)N(c3ccc(F)cc3)C3=C2C(=O)CCC3)cc1. The number of ketones is 1. The maximum atomic E-state index is 13.5. The number of Topliss-reactive ketones (excluding diaryl/α,β-unsaturated/α-hetero) is 1. The number of hydrogen-bond acceptors (Lipinski definition) is 5. The van der Waals surface area contributed by atoms with Gasteiger partial charge in [0.15, 0.2) is 5.78 Å². The van der Waals surface area contributed by atoms with Crippen molar-refractivity contribution in [2.45, 2.75) is 32.1 Å². The van der Waals surface area contributed by atoms with Crippen molar-refractivity contribution in [3.05, 3.63) is 82.6 Å². The van der Waals surface area contributed by atoms with E-state index < -0.39 is 5.92 Å². The molecule has 0 bridgehead atoms. The monoisotopic (exact) mass is 403 g/mol. The van der Waals surface area contributed by atoms with Crippen LogP contribution < -0.4 is 15.4 Å². The highest BCUT2D eigenvalue weighted by molar-refractivity contribution is 6.01. The van der Waals surface area contributed by atoms with E-state index in [4.69, 9.17) is 10.5 Å². The molecule has 0 saturated carbocycles. The lowest BCUT2D eigenvalue weighted by Crippen LogP contribution is -2.38. The standard InChI is InChI=1S/C24H22FN3O2/c1-2-30-18-12-6-15(7-13-18)22-19(14-26)24(27)28(17-10-8-16(25)9-11-17)20-4-3-5-21(29)23(20)22/h6-13,22H,2-5,27H2,1H3/t22-/m1/s1. The largest absolute Gasteiger partial charge is 0.494 e. The third-order valence-corrected chi connectivity index (χ3v) is 5.52. The first kappa shape index (κ1) is 19.7. The molecule has 0 fully saturated rings. The highest BCUT2D eigenvalue weighted by Crippen LogP contribution is 2.46. The number of anilines is 1. The number of rotatable bonds is 4. The van der Waals surface area contributed by atoms with Crippen LogP contribution in [0.3, 0.4) is 0 Å². The molecule has 5 nitrogen and oxygen atoms in total. The summed E-state index contributed by atoms with van der Waals surface area (Å²) in [5, 5.41) is 9.98. The molecule has 6 heteroatoms. The summed E-state index contributed by atoms with van der Waals surface area (Å²) in [6, 6.07) is 15.6. The first-order valence-corrected chi connectivity index (χ1v) is 9.99. The molecule has 2 aliphatic rings. The number of nitrogens with zero attached hydrogens (tertiary/aromatic N) is 2. The Kier molecular flexibility index (Phi) is 5.28. The number of allylic oxidation sites excluding steroid dienone is 3. The Morgan fingerprint density at radius 1 is 1.17 bits per heavy atom. The van der Waals surface area contributed by atoms with Gasteiger partial charge in [-0.1, -0.05) is 12.1 Å². The summed E-state index contributed by atoms with van der Waals surface area (Å²) in [7, 11) is 0. The topological polar surface area (TPSA) is 79.3 Å². The molecular weight excluding hydrogens is 381 g/mol. The first-order valence-electron chi connectivity index (χ1n) is 9.99. The number of carbonyl (C=O) groups excluding carboxylic acids is 1. The molecule has 2 aromatic carbocycles. The van der Waals surface area contributed by atoms with Crippen LogP contribution in [0.1, 0.15) is 37.7 Å². The highest BCUT2D eigenvalue weighted by atomic mass is 19.1. The molecule has 1 atom stereocenters. The van der Waals surface area contributed by atoms with E-state index in [1.807, 2.05) is 31.2 Å². The number of benzene rings is 2. The van der Waals surface area contributed by atoms with E-state index in [0.29, 0.717) is 42.7 Å². The third kappa shape index (κ3) is 3.33. The Hall–Kier alpha value is -3.59. The van der Waals surface area contributed by atoms with Crippen molar-refractivity contribution in [2.24, 2.45) is 5.73 Å². The molecule has 152 valence electrons. The smallest absolute Gasteiger partial charge is 0.161 e. The number of carbonyl (C=O) groups is 1. The van der Waals surface area contributed by atoms with Crippen LogP contribution in [0.25, 0.3) is 0 Å². The predicted molar refractivity (Wildman–Crippen MR) is 112 cm³/mol. The lowest BCUT2D eigenvalue weighted by molar-refractivity contribution is -0.116. The zero-order chi connectivity index (χ0) is 21.3. The number of nitrogens with two attached hydrogens (primary N) is 1. The van der Waals surface area contributed by atoms with Crippen molar-refractivity contribution < 1.29 is 13.9 Å². The second-order valence-corrected chi connectivity index (χ2v) is 7.29. The number of nitriles is 1. The van der Waals surface area contributed by atoms with Crippen molar-refractivity contribution in [3.8, 4) is 11.8 Å². The van der Waals surface area contributed by atoms with E-state index in [-0.39, 0.29) is 17.4 Å². The second kappa shape index (κ2) is 8.03. The maximum Gasteiger partial charge on any atom is 0.161 e. The van der Waals surface area contributed by atoms with Crippen molar-refractivity contribution in [1.29, 1.82) is 5.26 Å².